The van der Waals surface area contributed by atoms with Crippen molar-refractivity contribution in [1.29, 1.82) is 0 Å². The lowest BCUT2D eigenvalue weighted by Crippen LogP contribution is -2.38. The van der Waals surface area contributed by atoms with Crippen LogP contribution in [0.3, 0.4) is 0 Å². The van der Waals surface area contributed by atoms with Crippen molar-refractivity contribution in [2.75, 3.05) is 30.4 Å². The SMILES string of the molecule is COc1ccc(S(=O)(=O)N(CC(=O)Nc2cccc(C)c2)c2ccc(F)cc2)cc1OC. The van der Waals surface area contributed by atoms with Gasteiger partial charge in [0.2, 0.25) is 5.91 Å². The lowest BCUT2D eigenvalue weighted by molar-refractivity contribution is -0.114. The maximum absolute atomic E-state index is 13.5. The van der Waals surface area contributed by atoms with E-state index in [1.54, 1.807) is 18.2 Å². The third-order valence-corrected chi connectivity index (χ3v) is 6.42. The highest BCUT2D eigenvalue weighted by Gasteiger charge is 2.28. The van der Waals surface area contributed by atoms with E-state index in [1.165, 1.54) is 44.6 Å². The molecule has 0 aromatic heterocycles. The first-order valence-corrected chi connectivity index (χ1v) is 11.1. The van der Waals surface area contributed by atoms with Gasteiger partial charge in [-0.3, -0.25) is 9.10 Å². The summed E-state index contributed by atoms with van der Waals surface area (Å²) in [5.74, 6) is -0.501. The Morgan fingerprint density at radius 1 is 0.969 bits per heavy atom. The molecule has 0 bridgehead atoms. The predicted octanol–water partition coefficient (Wildman–Crippen LogP) is 3.99. The average molecular weight is 459 g/mol. The number of nitrogens with zero attached hydrogens (tertiary/aromatic N) is 1. The monoisotopic (exact) mass is 458 g/mol. The molecule has 0 heterocycles. The summed E-state index contributed by atoms with van der Waals surface area (Å²) in [6, 6.07) is 16.1. The molecule has 0 atom stereocenters. The Morgan fingerprint density at radius 2 is 1.66 bits per heavy atom. The van der Waals surface area contributed by atoms with Gasteiger partial charge >= 0.3 is 0 Å². The minimum absolute atomic E-state index is 0.108. The van der Waals surface area contributed by atoms with Crippen molar-refractivity contribution >= 4 is 27.3 Å². The van der Waals surface area contributed by atoms with Gasteiger partial charge in [0.15, 0.2) is 11.5 Å². The number of benzene rings is 3. The largest absolute Gasteiger partial charge is 0.493 e. The van der Waals surface area contributed by atoms with Crippen LogP contribution in [0.25, 0.3) is 0 Å². The number of hydrogen-bond acceptors (Lipinski definition) is 5. The molecule has 168 valence electrons. The molecule has 0 saturated heterocycles. The van der Waals surface area contributed by atoms with Gasteiger partial charge in [0.1, 0.15) is 12.4 Å². The van der Waals surface area contributed by atoms with Crippen molar-refractivity contribution in [3.8, 4) is 11.5 Å². The first-order chi connectivity index (χ1) is 15.2. The highest BCUT2D eigenvalue weighted by Crippen LogP contribution is 2.32. The van der Waals surface area contributed by atoms with Crippen LogP contribution in [-0.4, -0.2) is 35.1 Å². The highest BCUT2D eigenvalue weighted by molar-refractivity contribution is 7.92. The van der Waals surface area contributed by atoms with E-state index in [0.29, 0.717) is 11.4 Å². The van der Waals surface area contributed by atoms with Gasteiger partial charge in [-0.25, -0.2) is 12.8 Å². The highest BCUT2D eigenvalue weighted by atomic mass is 32.2. The number of carbonyl (C=O) groups excluding carboxylic acids is 1. The maximum Gasteiger partial charge on any atom is 0.264 e. The number of rotatable bonds is 8. The minimum atomic E-state index is -4.21. The lowest BCUT2D eigenvalue weighted by Gasteiger charge is -2.24. The van der Waals surface area contributed by atoms with Crippen molar-refractivity contribution < 1.29 is 27.1 Å². The number of nitrogens with one attached hydrogen (secondary N) is 1. The fourth-order valence-electron chi connectivity index (χ4n) is 3.08. The van der Waals surface area contributed by atoms with Gasteiger partial charge in [0, 0.05) is 11.8 Å². The number of hydrogen-bond donors (Lipinski definition) is 1. The molecule has 3 rings (SSSR count). The van der Waals surface area contributed by atoms with E-state index in [0.717, 1.165) is 22.0 Å². The number of aryl methyl sites for hydroxylation is 1. The van der Waals surface area contributed by atoms with Gasteiger partial charge in [-0.2, -0.15) is 0 Å². The fourth-order valence-corrected chi connectivity index (χ4v) is 4.52. The van der Waals surface area contributed by atoms with E-state index < -0.39 is 28.3 Å². The van der Waals surface area contributed by atoms with Gasteiger partial charge in [0.25, 0.3) is 10.0 Å². The second-order valence-corrected chi connectivity index (χ2v) is 8.78. The molecule has 0 aliphatic rings. The van der Waals surface area contributed by atoms with Gasteiger partial charge < -0.3 is 14.8 Å². The van der Waals surface area contributed by atoms with E-state index in [1.807, 2.05) is 13.0 Å². The molecule has 0 spiro atoms. The molecule has 9 heteroatoms. The number of carbonyl (C=O) groups is 1. The quantitative estimate of drug-likeness (QED) is 0.552. The van der Waals surface area contributed by atoms with Crippen LogP contribution in [0.15, 0.2) is 71.6 Å². The molecule has 0 radical (unpaired) electrons. The summed E-state index contributed by atoms with van der Waals surface area (Å²) >= 11 is 0. The number of amides is 1. The van der Waals surface area contributed by atoms with Crippen molar-refractivity contribution in [3.05, 3.63) is 78.1 Å². The summed E-state index contributed by atoms with van der Waals surface area (Å²) in [7, 11) is -1.38. The van der Waals surface area contributed by atoms with Gasteiger partial charge in [-0.1, -0.05) is 12.1 Å². The zero-order chi connectivity index (χ0) is 23.3. The molecule has 7 nitrogen and oxygen atoms in total. The van der Waals surface area contributed by atoms with E-state index in [2.05, 4.69) is 5.32 Å². The molecule has 32 heavy (non-hydrogen) atoms. The molecular formula is C23H23FN2O5S. The fraction of sp³-hybridized carbons (Fsp3) is 0.174. The lowest BCUT2D eigenvalue weighted by atomic mass is 10.2. The first-order valence-electron chi connectivity index (χ1n) is 9.61. The van der Waals surface area contributed by atoms with Crippen LogP contribution >= 0.6 is 0 Å². The predicted molar refractivity (Wildman–Crippen MR) is 120 cm³/mol. The third kappa shape index (κ3) is 5.17. The Bertz CT molecular complexity index is 1210. The van der Waals surface area contributed by atoms with Crippen LogP contribution in [0.5, 0.6) is 11.5 Å². The molecule has 1 amide bonds. The van der Waals surface area contributed by atoms with Crippen molar-refractivity contribution in [2.24, 2.45) is 0 Å². The van der Waals surface area contributed by atoms with Crippen molar-refractivity contribution in [3.63, 3.8) is 0 Å². The molecule has 0 unspecified atom stereocenters. The number of sulfonamides is 1. The average Bonchev–Trinajstić information content (AvgIpc) is 2.77. The minimum Gasteiger partial charge on any atom is -0.493 e. The molecule has 3 aromatic carbocycles. The number of ether oxygens (including phenoxy) is 2. The Kier molecular flexibility index (Phi) is 6.99. The van der Waals surface area contributed by atoms with Crippen LogP contribution in [0.1, 0.15) is 5.56 Å². The maximum atomic E-state index is 13.5. The van der Waals surface area contributed by atoms with E-state index >= 15 is 0 Å². The van der Waals surface area contributed by atoms with Crippen molar-refractivity contribution in [2.45, 2.75) is 11.8 Å². The third-order valence-electron chi connectivity index (χ3n) is 4.65. The summed E-state index contributed by atoms with van der Waals surface area (Å²) < 4.78 is 51.7. The Hall–Kier alpha value is -3.59. The normalized spacial score (nSPS) is 11.0. The second-order valence-electron chi connectivity index (χ2n) is 6.92. The van der Waals surface area contributed by atoms with E-state index in [9.17, 15) is 17.6 Å². The standard InChI is InChI=1S/C23H23FN2O5S/c1-16-5-4-6-18(13-16)25-23(27)15-26(19-9-7-17(24)8-10-19)32(28,29)20-11-12-21(30-2)22(14-20)31-3/h4-14H,15H2,1-3H3,(H,25,27). The van der Waals surface area contributed by atoms with Gasteiger partial charge in [-0.05, 0) is 61.0 Å². The summed E-state index contributed by atoms with van der Waals surface area (Å²) in [5, 5.41) is 2.69. The zero-order valence-electron chi connectivity index (χ0n) is 17.8. The topological polar surface area (TPSA) is 84.9 Å². The molecule has 3 aromatic rings. The van der Waals surface area contributed by atoms with Gasteiger partial charge in [0.05, 0.1) is 24.8 Å². The molecule has 0 saturated carbocycles. The summed E-state index contributed by atoms with van der Waals surface area (Å²) in [4.78, 5) is 12.6. The molecule has 0 fully saturated rings. The number of methoxy groups -OCH3 is 2. The van der Waals surface area contributed by atoms with Crippen LogP contribution in [-0.2, 0) is 14.8 Å². The zero-order valence-corrected chi connectivity index (χ0v) is 18.6. The number of halogens is 1. The smallest absolute Gasteiger partial charge is 0.264 e. The van der Waals surface area contributed by atoms with Crippen LogP contribution in [0.2, 0.25) is 0 Å². The summed E-state index contributed by atoms with van der Waals surface area (Å²) in [5.41, 5.74) is 1.62. The Morgan fingerprint density at radius 3 is 2.28 bits per heavy atom. The van der Waals surface area contributed by atoms with Crippen LogP contribution < -0.4 is 19.1 Å². The second kappa shape index (κ2) is 9.69. The summed E-state index contributed by atoms with van der Waals surface area (Å²) in [6.45, 7) is 1.36. The Balaban J connectivity index is 1.98. The van der Waals surface area contributed by atoms with Gasteiger partial charge in [-0.15, -0.1) is 0 Å². The van der Waals surface area contributed by atoms with Crippen molar-refractivity contribution in [1.82, 2.24) is 0 Å². The molecular weight excluding hydrogens is 435 g/mol. The van der Waals surface area contributed by atoms with E-state index in [-0.39, 0.29) is 16.3 Å². The Labute approximate surface area is 186 Å². The van der Waals surface area contributed by atoms with Crippen LogP contribution in [0, 0.1) is 12.7 Å². The van der Waals surface area contributed by atoms with Crippen LogP contribution in [0.4, 0.5) is 15.8 Å². The molecule has 1 N–H and O–H groups in total. The molecule has 0 aliphatic heterocycles. The summed E-state index contributed by atoms with van der Waals surface area (Å²) in [6.07, 6.45) is 0. The molecule has 0 aliphatic carbocycles. The van der Waals surface area contributed by atoms with E-state index in [4.69, 9.17) is 9.47 Å². The first kappa shape index (κ1) is 23.1. The number of anilines is 2.